The summed E-state index contributed by atoms with van der Waals surface area (Å²) in [6, 6.07) is 9.22. The quantitative estimate of drug-likeness (QED) is 0.365. The molecule has 0 spiro atoms. The molecule has 1 aromatic carbocycles. The van der Waals surface area contributed by atoms with Crippen LogP contribution in [0.25, 0.3) is 0 Å². The largest absolute Gasteiger partial charge is 0.481 e. The Labute approximate surface area is 198 Å². The minimum Gasteiger partial charge on any atom is -0.481 e. The number of nitrogens with zero attached hydrogens (tertiary/aromatic N) is 1. The van der Waals surface area contributed by atoms with Gasteiger partial charge in [0.1, 0.15) is 0 Å². The van der Waals surface area contributed by atoms with Gasteiger partial charge in [-0.3, -0.25) is 9.69 Å². The van der Waals surface area contributed by atoms with Crippen LogP contribution in [0.5, 0.6) is 0 Å². The number of piperidine rings is 1. The van der Waals surface area contributed by atoms with Crippen molar-refractivity contribution in [3.05, 3.63) is 35.4 Å². The number of hydrogen-bond donors (Lipinski definition) is 1. The zero-order valence-corrected chi connectivity index (χ0v) is 22.1. The Balaban J connectivity index is 2.35. The highest BCUT2D eigenvalue weighted by atomic mass is 28.3. The van der Waals surface area contributed by atoms with Gasteiger partial charge in [0, 0.05) is 33.0 Å². The standard InChI is InChI=1S/C26H42F3NO2Si/c1-25(2,3)21-9-7-20(8-10-21)23-17-19(18-24(31)32)12-15-30(23)22(11-14-26(27,28)29)13-16-33(4,5)6/h7-10,19,22-23H,11-18H2,1-6H3,(H,31,32)/t19-,22+,23+/m1/s1. The van der Waals surface area contributed by atoms with E-state index in [4.69, 9.17) is 0 Å². The van der Waals surface area contributed by atoms with Crippen molar-refractivity contribution in [2.45, 2.75) is 109 Å². The molecule has 1 aromatic rings. The topological polar surface area (TPSA) is 40.5 Å². The summed E-state index contributed by atoms with van der Waals surface area (Å²) in [6.07, 6.45) is -2.54. The summed E-state index contributed by atoms with van der Waals surface area (Å²) >= 11 is 0. The molecule has 0 bridgehead atoms. The third kappa shape index (κ3) is 9.43. The van der Waals surface area contributed by atoms with Crippen molar-refractivity contribution >= 4 is 14.0 Å². The fourth-order valence-corrected chi connectivity index (χ4v) is 6.06. The number of hydrogen-bond acceptors (Lipinski definition) is 2. The maximum atomic E-state index is 13.2. The first-order valence-electron chi connectivity index (χ1n) is 12.2. The Morgan fingerprint density at radius 1 is 1.12 bits per heavy atom. The second kappa shape index (κ2) is 10.9. The average molecular weight is 486 g/mol. The van der Waals surface area contributed by atoms with Gasteiger partial charge in [-0.15, -0.1) is 0 Å². The van der Waals surface area contributed by atoms with Crippen LogP contribution in [0, 0.1) is 5.92 Å². The summed E-state index contributed by atoms with van der Waals surface area (Å²) in [7, 11) is -1.41. The first-order chi connectivity index (χ1) is 15.0. The maximum absolute atomic E-state index is 13.2. The molecular weight excluding hydrogens is 443 g/mol. The van der Waals surface area contributed by atoms with Gasteiger partial charge in [-0.05, 0) is 54.7 Å². The van der Waals surface area contributed by atoms with Gasteiger partial charge in [0.2, 0.25) is 0 Å². The third-order valence-electron chi connectivity index (χ3n) is 6.83. The van der Waals surface area contributed by atoms with Crippen molar-refractivity contribution in [2.75, 3.05) is 6.54 Å². The first-order valence-corrected chi connectivity index (χ1v) is 15.9. The van der Waals surface area contributed by atoms with E-state index < -0.39 is 26.6 Å². The van der Waals surface area contributed by atoms with Crippen LogP contribution in [-0.4, -0.2) is 42.8 Å². The fourth-order valence-electron chi connectivity index (χ4n) is 4.86. The number of aliphatic carboxylic acids is 1. The van der Waals surface area contributed by atoms with Gasteiger partial charge in [-0.25, -0.2) is 0 Å². The molecule has 1 N–H and O–H groups in total. The molecule has 0 saturated carbocycles. The number of benzene rings is 1. The molecule has 0 unspecified atom stereocenters. The third-order valence-corrected chi connectivity index (χ3v) is 8.62. The number of alkyl halides is 3. The Hall–Kier alpha value is -1.34. The van der Waals surface area contributed by atoms with E-state index in [1.807, 2.05) is 0 Å². The minimum absolute atomic E-state index is 0.0171. The fraction of sp³-hybridized carbons (Fsp3) is 0.731. The monoisotopic (exact) mass is 485 g/mol. The summed E-state index contributed by atoms with van der Waals surface area (Å²) in [5.74, 6) is -0.756. The second-order valence-corrected chi connectivity index (χ2v) is 17.6. The van der Waals surface area contributed by atoms with Gasteiger partial charge < -0.3 is 5.11 Å². The number of carboxylic acids is 1. The second-order valence-electron chi connectivity index (χ2n) is 12.0. The molecule has 188 valence electrons. The molecule has 2 rings (SSSR count). The van der Waals surface area contributed by atoms with E-state index in [9.17, 15) is 23.1 Å². The highest BCUT2D eigenvalue weighted by Crippen LogP contribution is 2.40. The van der Waals surface area contributed by atoms with Crippen LogP contribution < -0.4 is 0 Å². The average Bonchev–Trinajstić information content (AvgIpc) is 2.66. The Bertz CT molecular complexity index is 748. The van der Waals surface area contributed by atoms with Gasteiger partial charge in [0.25, 0.3) is 0 Å². The molecule has 7 heteroatoms. The van der Waals surface area contributed by atoms with E-state index in [-0.39, 0.29) is 36.3 Å². The molecular formula is C26H42F3NO2Si. The molecule has 3 atom stereocenters. The zero-order valence-electron chi connectivity index (χ0n) is 21.1. The van der Waals surface area contributed by atoms with Crippen LogP contribution in [0.3, 0.4) is 0 Å². The van der Waals surface area contributed by atoms with Crippen molar-refractivity contribution in [3.8, 4) is 0 Å². The van der Waals surface area contributed by atoms with Crippen LogP contribution >= 0.6 is 0 Å². The lowest BCUT2D eigenvalue weighted by Crippen LogP contribution is -2.45. The Morgan fingerprint density at radius 3 is 2.21 bits per heavy atom. The lowest BCUT2D eigenvalue weighted by Gasteiger charge is -2.45. The molecule has 1 saturated heterocycles. The van der Waals surface area contributed by atoms with Gasteiger partial charge >= 0.3 is 12.1 Å². The van der Waals surface area contributed by atoms with Crippen molar-refractivity contribution in [2.24, 2.45) is 5.92 Å². The smallest absolute Gasteiger partial charge is 0.389 e. The van der Waals surface area contributed by atoms with Crippen LogP contribution in [-0.2, 0) is 10.2 Å². The predicted octanol–water partition coefficient (Wildman–Crippen LogP) is 7.65. The minimum atomic E-state index is -4.16. The summed E-state index contributed by atoms with van der Waals surface area (Å²) in [4.78, 5) is 13.6. The molecule has 0 radical (unpaired) electrons. The molecule has 33 heavy (non-hydrogen) atoms. The van der Waals surface area contributed by atoms with E-state index >= 15 is 0 Å². The number of carboxylic acid groups (broad SMARTS) is 1. The molecule has 1 heterocycles. The Kier molecular flexibility index (Phi) is 9.24. The molecule has 0 amide bonds. The molecule has 1 fully saturated rings. The maximum Gasteiger partial charge on any atom is 0.389 e. The predicted molar refractivity (Wildman–Crippen MR) is 131 cm³/mol. The highest BCUT2D eigenvalue weighted by molar-refractivity contribution is 6.76. The van der Waals surface area contributed by atoms with Crippen molar-refractivity contribution in [1.29, 1.82) is 0 Å². The van der Waals surface area contributed by atoms with Crippen LogP contribution in [0.1, 0.15) is 76.5 Å². The Morgan fingerprint density at radius 2 is 1.73 bits per heavy atom. The highest BCUT2D eigenvalue weighted by Gasteiger charge is 2.37. The summed E-state index contributed by atoms with van der Waals surface area (Å²) in [5.41, 5.74) is 2.31. The van der Waals surface area contributed by atoms with Crippen LogP contribution in [0.4, 0.5) is 13.2 Å². The number of rotatable bonds is 9. The summed E-state index contributed by atoms with van der Waals surface area (Å²) in [6.45, 7) is 13.9. The molecule has 1 aliphatic rings. The molecule has 0 aliphatic carbocycles. The lowest BCUT2D eigenvalue weighted by atomic mass is 9.82. The number of halogens is 3. The lowest BCUT2D eigenvalue weighted by molar-refractivity contribution is -0.141. The molecule has 3 nitrogen and oxygen atoms in total. The van der Waals surface area contributed by atoms with Gasteiger partial charge in [0.05, 0.1) is 0 Å². The zero-order chi connectivity index (χ0) is 25.0. The summed E-state index contributed by atoms with van der Waals surface area (Å²) in [5, 5.41) is 9.34. The van der Waals surface area contributed by atoms with E-state index in [1.54, 1.807) is 0 Å². The van der Waals surface area contributed by atoms with E-state index in [2.05, 4.69) is 69.6 Å². The normalized spacial score (nSPS) is 21.7. The van der Waals surface area contributed by atoms with Crippen LogP contribution in [0.15, 0.2) is 24.3 Å². The number of carbonyl (C=O) groups is 1. The molecule has 0 aromatic heterocycles. The van der Waals surface area contributed by atoms with Crippen molar-refractivity contribution in [3.63, 3.8) is 0 Å². The van der Waals surface area contributed by atoms with Crippen molar-refractivity contribution in [1.82, 2.24) is 4.90 Å². The van der Waals surface area contributed by atoms with Gasteiger partial charge in [0.15, 0.2) is 0 Å². The van der Waals surface area contributed by atoms with E-state index in [0.29, 0.717) is 13.0 Å². The van der Waals surface area contributed by atoms with Crippen molar-refractivity contribution < 1.29 is 23.1 Å². The number of likely N-dealkylation sites (tertiary alicyclic amines) is 1. The van der Waals surface area contributed by atoms with E-state index in [1.165, 1.54) is 5.56 Å². The van der Waals surface area contributed by atoms with E-state index in [0.717, 1.165) is 24.4 Å². The van der Waals surface area contributed by atoms with Gasteiger partial charge in [-0.1, -0.05) is 70.7 Å². The van der Waals surface area contributed by atoms with Crippen LogP contribution in [0.2, 0.25) is 25.7 Å². The first kappa shape index (κ1) is 27.9. The van der Waals surface area contributed by atoms with Gasteiger partial charge in [-0.2, -0.15) is 13.2 Å². The SMILES string of the molecule is CC(C)(C)c1ccc([C@@H]2C[C@H](CC(=O)O)CCN2[C@@H](CCC(F)(F)F)CC[Si](C)(C)C)cc1. The molecule has 1 aliphatic heterocycles. The summed E-state index contributed by atoms with van der Waals surface area (Å²) < 4.78 is 39.5.